The molecule has 7 nitrogen and oxygen atoms in total. The van der Waals surface area contributed by atoms with Gasteiger partial charge in [0.1, 0.15) is 0 Å². The van der Waals surface area contributed by atoms with Crippen LogP contribution >= 0.6 is 0 Å². The Hall–Kier alpha value is -1.80. The number of methoxy groups -OCH3 is 2. The number of carbonyl (C=O) groups excluding carboxylic acids is 1. The Balaban J connectivity index is 2.76. The molecule has 1 rings (SSSR count). The fourth-order valence-electron chi connectivity index (χ4n) is 1.81. The molecule has 0 saturated heterocycles. The number of hydrogen-bond donors (Lipinski definition) is 1. The van der Waals surface area contributed by atoms with Gasteiger partial charge in [-0.05, 0) is 24.6 Å². The lowest BCUT2D eigenvalue weighted by molar-refractivity contribution is -0.121. The summed E-state index contributed by atoms with van der Waals surface area (Å²) in [5, 5.41) is 2.75. The molecule has 0 aliphatic heterocycles. The van der Waals surface area contributed by atoms with E-state index in [4.69, 9.17) is 9.47 Å². The van der Waals surface area contributed by atoms with Gasteiger partial charge >= 0.3 is 0 Å². The van der Waals surface area contributed by atoms with Crippen molar-refractivity contribution in [3.63, 3.8) is 0 Å². The molecular formula is C14H22N2O5S. The Labute approximate surface area is 131 Å². The smallest absolute Gasteiger partial charge is 0.235 e. The van der Waals surface area contributed by atoms with E-state index in [9.17, 15) is 13.2 Å². The highest BCUT2D eigenvalue weighted by molar-refractivity contribution is 7.88. The van der Waals surface area contributed by atoms with Crippen molar-refractivity contribution in [2.75, 3.05) is 34.1 Å². The van der Waals surface area contributed by atoms with Crippen LogP contribution < -0.4 is 14.8 Å². The van der Waals surface area contributed by atoms with Crippen molar-refractivity contribution in [1.29, 1.82) is 0 Å². The van der Waals surface area contributed by atoms with Crippen LogP contribution in [0, 0.1) is 0 Å². The summed E-state index contributed by atoms with van der Waals surface area (Å²) in [6, 6.07) is 5.04. The van der Waals surface area contributed by atoms with Gasteiger partial charge < -0.3 is 14.8 Å². The van der Waals surface area contributed by atoms with Gasteiger partial charge in [-0.15, -0.1) is 0 Å². The van der Waals surface area contributed by atoms with Crippen LogP contribution in [-0.4, -0.2) is 52.7 Å². The number of amides is 1. The molecule has 124 valence electrons. The first kappa shape index (κ1) is 18.2. The van der Waals surface area contributed by atoms with Gasteiger partial charge in [0, 0.05) is 7.05 Å². The Kier molecular flexibility index (Phi) is 6.19. The monoisotopic (exact) mass is 330 g/mol. The molecule has 1 aromatic rings. The van der Waals surface area contributed by atoms with Crippen molar-refractivity contribution < 1.29 is 22.7 Å². The zero-order valence-corrected chi connectivity index (χ0v) is 14.2. The fraction of sp³-hybridized carbons (Fsp3) is 0.500. The van der Waals surface area contributed by atoms with Crippen molar-refractivity contribution >= 4 is 15.9 Å². The second-order valence-corrected chi connectivity index (χ2v) is 7.01. The average molecular weight is 330 g/mol. The topological polar surface area (TPSA) is 84.9 Å². The van der Waals surface area contributed by atoms with Crippen LogP contribution in [0.15, 0.2) is 18.2 Å². The lowest BCUT2D eigenvalue weighted by atomic mass is 10.1. The second-order valence-electron chi connectivity index (χ2n) is 4.92. The SMILES string of the molecule is COc1ccc(C(C)NC(=O)CN(C)S(C)(=O)=O)cc1OC. The molecule has 0 aliphatic rings. The van der Waals surface area contributed by atoms with E-state index in [2.05, 4.69) is 5.32 Å². The van der Waals surface area contributed by atoms with Crippen LogP contribution in [0.4, 0.5) is 0 Å². The molecule has 1 amide bonds. The summed E-state index contributed by atoms with van der Waals surface area (Å²) in [6.45, 7) is 1.58. The Morgan fingerprint density at radius 3 is 2.36 bits per heavy atom. The minimum absolute atomic E-state index is 0.226. The Morgan fingerprint density at radius 1 is 1.27 bits per heavy atom. The maximum absolute atomic E-state index is 11.9. The lowest BCUT2D eigenvalue weighted by Crippen LogP contribution is -2.38. The summed E-state index contributed by atoms with van der Waals surface area (Å²) in [5.41, 5.74) is 0.827. The highest BCUT2D eigenvalue weighted by atomic mass is 32.2. The van der Waals surface area contributed by atoms with E-state index in [1.54, 1.807) is 26.2 Å². The molecular weight excluding hydrogens is 308 g/mol. The Morgan fingerprint density at radius 2 is 1.86 bits per heavy atom. The van der Waals surface area contributed by atoms with Crippen LogP contribution in [0.25, 0.3) is 0 Å². The van der Waals surface area contributed by atoms with Gasteiger partial charge in [-0.2, -0.15) is 4.31 Å². The van der Waals surface area contributed by atoms with Crippen LogP contribution in [0.3, 0.4) is 0 Å². The number of nitrogens with zero attached hydrogens (tertiary/aromatic N) is 1. The minimum Gasteiger partial charge on any atom is -0.493 e. The van der Waals surface area contributed by atoms with E-state index in [1.165, 1.54) is 14.2 Å². The largest absolute Gasteiger partial charge is 0.493 e. The fourth-order valence-corrected chi connectivity index (χ4v) is 2.16. The Bertz CT molecular complexity index is 630. The molecule has 1 unspecified atom stereocenters. The summed E-state index contributed by atoms with van der Waals surface area (Å²) in [6.07, 6.45) is 1.05. The summed E-state index contributed by atoms with van der Waals surface area (Å²) in [4.78, 5) is 11.9. The quantitative estimate of drug-likeness (QED) is 0.798. The van der Waals surface area contributed by atoms with Crippen molar-refractivity contribution in [2.45, 2.75) is 13.0 Å². The molecule has 8 heteroatoms. The molecule has 0 saturated carbocycles. The predicted molar refractivity (Wildman–Crippen MR) is 83.6 cm³/mol. The number of sulfonamides is 1. The van der Waals surface area contributed by atoms with E-state index in [0.29, 0.717) is 11.5 Å². The summed E-state index contributed by atoms with van der Waals surface area (Å²) < 4.78 is 33.9. The lowest BCUT2D eigenvalue weighted by Gasteiger charge is -2.19. The number of rotatable bonds is 7. The maximum Gasteiger partial charge on any atom is 0.235 e. The third-order valence-corrected chi connectivity index (χ3v) is 4.48. The molecule has 0 bridgehead atoms. The summed E-state index contributed by atoms with van der Waals surface area (Å²) in [5.74, 6) is 0.783. The van der Waals surface area contributed by atoms with Gasteiger partial charge in [0.25, 0.3) is 0 Å². The van der Waals surface area contributed by atoms with Crippen LogP contribution in [0.1, 0.15) is 18.5 Å². The van der Waals surface area contributed by atoms with Crippen molar-refractivity contribution in [3.8, 4) is 11.5 Å². The second kappa shape index (κ2) is 7.46. The summed E-state index contributed by atoms with van der Waals surface area (Å²) >= 11 is 0. The number of benzene rings is 1. The molecule has 0 fully saturated rings. The molecule has 1 atom stereocenters. The van der Waals surface area contributed by atoms with Gasteiger partial charge in [-0.1, -0.05) is 6.07 Å². The zero-order chi connectivity index (χ0) is 16.9. The third kappa shape index (κ3) is 4.88. The third-order valence-electron chi connectivity index (χ3n) is 3.22. The predicted octanol–water partition coefficient (Wildman–Crippen LogP) is 0.772. The molecule has 1 aromatic carbocycles. The molecule has 0 radical (unpaired) electrons. The molecule has 0 heterocycles. The first-order chi connectivity index (χ1) is 10.2. The number of likely N-dealkylation sites (N-methyl/N-ethyl adjacent to an activating group) is 1. The normalized spacial score (nSPS) is 12.8. The molecule has 1 N–H and O–H groups in total. The highest BCUT2D eigenvalue weighted by Crippen LogP contribution is 2.29. The highest BCUT2D eigenvalue weighted by Gasteiger charge is 2.17. The molecule has 22 heavy (non-hydrogen) atoms. The van der Waals surface area contributed by atoms with Crippen LogP contribution in [0.2, 0.25) is 0 Å². The average Bonchev–Trinajstić information content (AvgIpc) is 2.45. The van der Waals surface area contributed by atoms with Gasteiger partial charge in [-0.25, -0.2) is 8.42 Å². The van der Waals surface area contributed by atoms with E-state index in [-0.39, 0.29) is 18.5 Å². The first-order valence-electron chi connectivity index (χ1n) is 6.61. The van der Waals surface area contributed by atoms with E-state index >= 15 is 0 Å². The summed E-state index contributed by atoms with van der Waals surface area (Å²) in [7, 11) is 1.05. The standard InChI is InChI=1S/C14H22N2O5S/c1-10(15-14(17)9-16(2)22(5,18)19)11-6-7-12(20-3)13(8-11)21-4/h6-8,10H,9H2,1-5H3,(H,15,17). The van der Waals surface area contributed by atoms with Gasteiger partial charge in [-0.3, -0.25) is 4.79 Å². The number of ether oxygens (including phenoxy) is 2. The molecule has 0 spiro atoms. The molecule has 0 aliphatic carbocycles. The minimum atomic E-state index is -3.38. The van der Waals surface area contributed by atoms with E-state index in [1.807, 2.05) is 6.07 Å². The van der Waals surface area contributed by atoms with Crippen molar-refractivity contribution in [2.24, 2.45) is 0 Å². The zero-order valence-electron chi connectivity index (χ0n) is 13.4. The van der Waals surface area contributed by atoms with Gasteiger partial charge in [0.05, 0.1) is 33.1 Å². The van der Waals surface area contributed by atoms with E-state index in [0.717, 1.165) is 16.1 Å². The number of carbonyl (C=O) groups is 1. The van der Waals surface area contributed by atoms with Crippen molar-refractivity contribution in [3.05, 3.63) is 23.8 Å². The molecule has 0 aromatic heterocycles. The van der Waals surface area contributed by atoms with Gasteiger partial charge in [0.2, 0.25) is 15.9 Å². The maximum atomic E-state index is 11.9. The van der Waals surface area contributed by atoms with Gasteiger partial charge in [0.15, 0.2) is 11.5 Å². The van der Waals surface area contributed by atoms with E-state index < -0.39 is 10.0 Å². The number of nitrogens with one attached hydrogen (secondary N) is 1. The van der Waals surface area contributed by atoms with Crippen LogP contribution in [-0.2, 0) is 14.8 Å². The first-order valence-corrected chi connectivity index (χ1v) is 8.46. The number of hydrogen-bond acceptors (Lipinski definition) is 5. The van der Waals surface area contributed by atoms with Crippen molar-refractivity contribution in [1.82, 2.24) is 9.62 Å². The van der Waals surface area contributed by atoms with Crippen LogP contribution in [0.5, 0.6) is 11.5 Å².